The molecule has 0 bridgehead atoms. The number of urea groups is 1. The van der Waals surface area contributed by atoms with E-state index in [-0.39, 0.29) is 17.4 Å². The zero-order valence-corrected chi connectivity index (χ0v) is 16.6. The minimum absolute atomic E-state index is 0.149. The van der Waals surface area contributed by atoms with Crippen molar-refractivity contribution in [1.82, 2.24) is 15.1 Å². The van der Waals surface area contributed by atoms with Gasteiger partial charge in [-0.3, -0.25) is 10.1 Å². The molecule has 1 aromatic heterocycles. The molecular weight excluding hydrogens is 344 g/mol. The molecule has 0 unspecified atom stereocenters. The van der Waals surface area contributed by atoms with Crippen LogP contribution in [0.1, 0.15) is 45.4 Å². The van der Waals surface area contributed by atoms with Gasteiger partial charge in [-0.05, 0) is 31.0 Å². The van der Waals surface area contributed by atoms with Gasteiger partial charge in [-0.15, -0.1) is 0 Å². The van der Waals surface area contributed by atoms with Gasteiger partial charge in [-0.2, -0.15) is 5.10 Å². The van der Waals surface area contributed by atoms with Crippen LogP contribution in [-0.2, 0) is 21.4 Å². The van der Waals surface area contributed by atoms with Crippen molar-refractivity contribution in [2.45, 2.75) is 46.0 Å². The maximum atomic E-state index is 11.8. The fourth-order valence-electron chi connectivity index (χ4n) is 2.50. The lowest BCUT2D eigenvalue weighted by atomic mass is 9.92. The van der Waals surface area contributed by atoms with Gasteiger partial charge >= 0.3 is 12.0 Å². The summed E-state index contributed by atoms with van der Waals surface area (Å²) < 4.78 is 6.67. The number of aryl methyl sites for hydroxylation is 1. The number of carbonyl (C=O) groups is 2. The molecule has 27 heavy (non-hydrogen) atoms. The van der Waals surface area contributed by atoms with Crippen LogP contribution >= 0.6 is 0 Å². The number of nitrogens with one attached hydrogen (secondary N) is 2. The molecule has 1 aromatic carbocycles. The number of carbonyl (C=O) groups excluding carboxylic acids is 2. The third-order valence-corrected chi connectivity index (χ3v) is 4.05. The standard InChI is InChI=1S/C20H28N4O3/c1-6-27-18(25)12-9-14-7-10-15(11-8-14)24-17(22-19(26)21-5)13-16(23-24)20(2,3)4/h7-8,10-11,13H,6,9,12H2,1-5H3,(H2,21,22,26). The number of amides is 2. The molecule has 7 nitrogen and oxygen atoms in total. The Morgan fingerprint density at radius 1 is 1.19 bits per heavy atom. The van der Waals surface area contributed by atoms with Gasteiger partial charge in [0, 0.05) is 24.9 Å². The molecular formula is C20H28N4O3. The number of aromatic nitrogens is 2. The van der Waals surface area contributed by atoms with Crippen LogP contribution in [0.15, 0.2) is 30.3 Å². The number of benzene rings is 1. The second-order valence-corrected chi connectivity index (χ2v) is 7.25. The largest absolute Gasteiger partial charge is 0.466 e. The molecule has 2 aromatic rings. The van der Waals surface area contributed by atoms with Crippen molar-refractivity contribution in [1.29, 1.82) is 0 Å². The van der Waals surface area contributed by atoms with E-state index in [1.165, 1.54) is 0 Å². The van der Waals surface area contributed by atoms with Gasteiger partial charge in [-0.25, -0.2) is 9.48 Å². The fourth-order valence-corrected chi connectivity index (χ4v) is 2.50. The molecule has 0 saturated heterocycles. The smallest absolute Gasteiger partial charge is 0.320 e. The van der Waals surface area contributed by atoms with E-state index in [2.05, 4.69) is 36.5 Å². The van der Waals surface area contributed by atoms with Crippen molar-refractivity contribution in [3.8, 4) is 5.69 Å². The Hall–Kier alpha value is -2.83. The Kier molecular flexibility index (Phi) is 6.60. The highest BCUT2D eigenvalue weighted by Gasteiger charge is 2.21. The molecule has 2 N–H and O–H groups in total. The van der Waals surface area contributed by atoms with Crippen molar-refractivity contribution in [3.63, 3.8) is 0 Å². The Balaban J connectivity index is 2.24. The quantitative estimate of drug-likeness (QED) is 0.761. The lowest BCUT2D eigenvalue weighted by Gasteiger charge is -2.14. The molecule has 2 amide bonds. The van der Waals surface area contributed by atoms with Crippen molar-refractivity contribution < 1.29 is 14.3 Å². The molecule has 0 radical (unpaired) electrons. The van der Waals surface area contributed by atoms with Crippen LogP contribution in [0.5, 0.6) is 0 Å². The summed E-state index contributed by atoms with van der Waals surface area (Å²) in [7, 11) is 1.57. The molecule has 0 spiro atoms. The summed E-state index contributed by atoms with van der Waals surface area (Å²) in [6.07, 6.45) is 0.974. The summed E-state index contributed by atoms with van der Waals surface area (Å²) in [6.45, 7) is 8.41. The molecule has 2 rings (SSSR count). The third kappa shape index (κ3) is 5.57. The maximum Gasteiger partial charge on any atom is 0.320 e. The number of hydrogen-bond donors (Lipinski definition) is 2. The van der Waals surface area contributed by atoms with Crippen LogP contribution in [0, 0.1) is 0 Å². The fraction of sp³-hybridized carbons (Fsp3) is 0.450. The van der Waals surface area contributed by atoms with E-state index in [0.29, 0.717) is 25.3 Å². The Morgan fingerprint density at radius 3 is 2.41 bits per heavy atom. The number of nitrogens with zero attached hydrogens (tertiary/aromatic N) is 2. The predicted molar refractivity (Wildman–Crippen MR) is 105 cm³/mol. The number of anilines is 1. The summed E-state index contributed by atoms with van der Waals surface area (Å²) in [5.41, 5.74) is 2.59. The minimum Gasteiger partial charge on any atom is -0.466 e. The molecule has 0 atom stereocenters. The minimum atomic E-state index is -0.303. The zero-order chi connectivity index (χ0) is 20.0. The highest BCUT2D eigenvalue weighted by atomic mass is 16.5. The molecule has 0 fully saturated rings. The SMILES string of the molecule is CCOC(=O)CCc1ccc(-n2nc(C(C)(C)C)cc2NC(=O)NC)cc1. The molecule has 0 aliphatic heterocycles. The monoisotopic (exact) mass is 372 g/mol. The highest BCUT2D eigenvalue weighted by Crippen LogP contribution is 2.26. The van der Waals surface area contributed by atoms with E-state index in [1.807, 2.05) is 30.3 Å². The molecule has 0 aliphatic carbocycles. The first-order valence-corrected chi connectivity index (χ1v) is 9.08. The van der Waals surface area contributed by atoms with E-state index in [4.69, 9.17) is 4.74 Å². The highest BCUT2D eigenvalue weighted by molar-refractivity contribution is 5.88. The Morgan fingerprint density at radius 2 is 1.85 bits per heavy atom. The van der Waals surface area contributed by atoms with Gasteiger partial charge in [0.05, 0.1) is 18.0 Å². The number of esters is 1. The maximum absolute atomic E-state index is 11.8. The molecule has 1 heterocycles. The van der Waals surface area contributed by atoms with Crippen LogP contribution in [-0.4, -0.2) is 35.4 Å². The first-order valence-electron chi connectivity index (χ1n) is 9.08. The van der Waals surface area contributed by atoms with Crippen LogP contribution < -0.4 is 10.6 Å². The van der Waals surface area contributed by atoms with E-state index in [0.717, 1.165) is 16.9 Å². The van der Waals surface area contributed by atoms with Crippen molar-refractivity contribution in [2.75, 3.05) is 19.0 Å². The molecule has 146 valence electrons. The second-order valence-electron chi connectivity index (χ2n) is 7.25. The van der Waals surface area contributed by atoms with E-state index >= 15 is 0 Å². The number of ether oxygens (including phenoxy) is 1. The zero-order valence-electron chi connectivity index (χ0n) is 16.6. The van der Waals surface area contributed by atoms with Crippen molar-refractivity contribution >= 4 is 17.8 Å². The Bertz CT molecular complexity index is 789. The summed E-state index contributed by atoms with van der Waals surface area (Å²) in [5, 5.41) is 10.0. The summed E-state index contributed by atoms with van der Waals surface area (Å²) in [6, 6.07) is 9.34. The van der Waals surface area contributed by atoms with Crippen molar-refractivity contribution in [3.05, 3.63) is 41.6 Å². The second kappa shape index (κ2) is 8.70. The average molecular weight is 372 g/mol. The number of hydrogen-bond acceptors (Lipinski definition) is 4. The lowest BCUT2D eigenvalue weighted by Crippen LogP contribution is -2.25. The van der Waals surface area contributed by atoms with E-state index < -0.39 is 0 Å². The van der Waals surface area contributed by atoms with Gasteiger partial charge in [0.2, 0.25) is 0 Å². The number of rotatable bonds is 6. The van der Waals surface area contributed by atoms with E-state index in [9.17, 15) is 9.59 Å². The van der Waals surface area contributed by atoms with Gasteiger partial charge in [0.1, 0.15) is 5.82 Å². The van der Waals surface area contributed by atoms with Gasteiger partial charge in [-0.1, -0.05) is 32.9 Å². The van der Waals surface area contributed by atoms with Crippen molar-refractivity contribution in [2.24, 2.45) is 0 Å². The summed E-state index contributed by atoms with van der Waals surface area (Å²) in [4.78, 5) is 23.3. The summed E-state index contributed by atoms with van der Waals surface area (Å²) >= 11 is 0. The predicted octanol–water partition coefficient (Wildman–Crippen LogP) is 3.42. The lowest BCUT2D eigenvalue weighted by molar-refractivity contribution is -0.143. The Labute approximate surface area is 160 Å². The third-order valence-electron chi connectivity index (χ3n) is 4.05. The molecule has 0 aliphatic rings. The average Bonchev–Trinajstić information content (AvgIpc) is 3.04. The first-order chi connectivity index (χ1) is 12.7. The topological polar surface area (TPSA) is 85.2 Å². The van der Waals surface area contributed by atoms with Crippen LogP contribution in [0.25, 0.3) is 5.69 Å². The molecule has 0 saturated carbocycles. The van der Waals surface area contributed by atoms with E-state index in [1.54, 1.807) is 18.7 Å². The van der Waals surface area contributed by atoms with Gasteiger partial charge in [0.25, 0.3) is 0 Å². The van der Waals surface area contributed by atoms with Gasteiger partial charge in [0.15, 0.2) is 0 Å². The van der Waals surface area contributed by atoms with Crippen LogP contribution in [0.2, 0.25) is 0 Å². The first kappa shape index (κ1) is 20.5. The normalized spacial score (nSPS) is 11.1. The van der Waals surface area contributed by atoms with Crippen LogP contribution in [0.4, 0.5) is 10.6 Å². The van der Waals surface area contributed by atoms with Crippen LogP contribution in [0.3, 0.4) is 0 Å². The summed E-state index contributed by atoms with van der Waals surface area (Å²) in [5.74, 6) is 0.402. The van der Waals surface area contributed by atoms with Gasteiger partial charge < -0.3 is 10.1 Å². The molecule has 7 heteroatoms.